The van der Waals surface area contributed by atoms with E-state index in [0.717, 1.165) is 17.7 Å². The Morgan fingerprint density at radius 2 is 1.68 bits per heavy atom. The molecule has 0 unspecified atom stereocenters. The molecule has 0 aliphatic rings. The van der Waals surface area contributed by atoms with E-state index in [0.29, 0.717) is 13.0 Å². The van der Waals surface area contributed by atoms with Crippen LogP contribution in [0.3, 0.4) is 0 Å². The average Bonchev–Trinajstić information content (AvgIpc) is 2.52. The molecule has 0 aromatic heterocycles. The Balaban J connectivity index is 2.36. The molecular weight excluding hydrogens is 284 g/mol. The van der Waals surface area contributed by atoms with Crippen LogP contribution in [0.25, 0.3) is 0 Å². The summed E-state index contributed by atoms with van der Waals surface area (Å²) in [5, 5.41) is 7.85. The second-order valence-corrected chi connectivity index (χ2v) is 4.75. The van der Waals surface area contributed by atoms with Crippen molar-refractivity contribution in [3.63, 3.8) is 0 Å². The van der Waals surface area contributed by atoms with E-state index < -0.39 is 0 Å². The summed E-state index contributed by atoms with van der Waals surface area (Å²) in [5.41, 5.74) is 6.74. The third-order valence-corrected chi connectivity index (χ3v) is 2.84. The highest BCUT2D eigenvalue weighted by atomic mass is 16.2. The molecule has 0 radical (unpaired) electrons. The summed E-state index contributed by atoms with van der Waals surface area (Å²) in [6, 6.07) is 7.21. The van der Waals surface area contributed by atoms with Gasteiger partial charge in [0.25, 0.3) is 0 Å². The summed E-state index contributed by atoms with van der Waals surface area (Å²) < 4.78 is 0. The Labute approximate surface area is 129 Å². The molecule has 3 amide bonds. The van der Waals surface area contributed by atoms with Crippen LogP contribution in [-0.2, 0) is 20.9 Å². The minimum atomic E-state index is -0.373. The van der Waals surface area contributed by atoms with E-state index in [1.807, 2.05) is 19.1 Å². The number of benzene rings is 1. The summed E-state index contributed by atoms with van der Waals surface area (Å²) in [6.45, 7) is 2.06. The van der Waals surface area contributed by atoms with E-state index >= 15 is 0 Å². The van der Waals surface area contributed by atoms with Gasteiger partial charge in [-0.2, -0.15) is 0 Å². The second-order valence-electron chi connectivity index (χ2n) is 4.75. The number of carbonyl (C=O) groups excluding carboxylic acids is 3. The van der Waals surface area contributed by atoms with E-state index in [1.54, 1.807) is 12.1 Å². The minimum Gasteiger partial charge on any atom is -0.350 e. The highest BCUT2D eigenvalue weighted by Crippen LogP contribution is 2.10. The quantitative estimate of drug-likeness (QED) is 0.546. The topological polar surface area (TPSA) is 113 Å². The number of rotatable bonds is 8. The lowest BCUT2D eigenvalue weighted by atomic mass is 10.2. The molecule has 0 aliphatic heterocycles. The molecule has 0 spiro atoms. The molecule has 1 aromatic carbocycles. The van der Waals surface area contributed by atoms with Crippen LogP contribution in [-0.4, -0.2) is 30.8 Å². The Kier molecular flexibility index (Phi) is 7.63. The van der Waals surface area contributed by atoms with E-state index in [2.05, 4.69) is 16.0 Å². The van der Waals surface area contributed by atoms with Crippen LogP contribution in [0.4, 0.5) is 5.69 Å². The third kappa shape index (κ3) is 6.85. The van der Waals surface area contributed by atoms with Crippen molar-refractivity contribution in [2.24, 2.45) is 5.73 Å². The maximum absolute atomic E-state index is 11.5. The van der Waals surface area contributed by atoms with Gasteiger partial charge in [-0.15, -0.1) is 0 Å². The first-order valence-electron chi connectivity index (χ1n) is 7.17. The van der Waals surface area contributed by atoms with Gasteiger partial charge in [-0.1, -0.05) is 19.1 Å². The lowest BCUT2D eigenvalue weighted by Gasteiger charge is -2.08. The van der Waals surface area contributed by atoms with Crippen molar-refractivity contribution >= 4 is 23.4 Å². The SMILES string of the molecule is CCCC(=O)Nc1ccc(CNC(=O)CNC(=O)CN)cc1. The number of hydrogen-bond acceptors (Lipinski definition) is 4. The molecule has 0 saturated heterocycles. The number of nitrogens with one attached hydrogen (secondary N) is 3. The first kappa shape index (κ1) is 17.6. The van der Waals surface area contributed by atoms with Gasteiger partial charge in [0, 0.05) is 18.7 Å². The summed E-state index contributed by atoms with van der Waals surface area (Å²) in [4.78, 5) is 33.9. The van der Waals surface area contributed by atoms with Crippen LogP contribution in [0.1, 0.15) is 25.3 Å². The first-order valence-corrected chi connectivity index (χ1v) is 7.17. The Hall–Kier alpha value is -2.41. The maximum atomic E-state index is 11.5. The zero-order valence-electron chi connectivity index (χ0n) is 12.6. The predicted octanol–water partition coefficient (Wildman–Crippen LogP) is 0.116. The molecule has 0 bridgehead atoms. The smallest absolute Gasteiger partial charge is 0.239 e. The second kappa shape index (κ2) is 9.51. The zero-order chi connectivity index (χ0) is 16.4. The number of anilines is 1. The minimum absolute atomic E-state index is 0.0146. The van der Waals surface area contributed by atoms with Crippen LogP contribution < -0.4 is 21.7 Å². The van der Waals surface area contributed by atoms with E-state index in [1.165, 1.54) is 0 Å². The van der Waals surface area contributed by atoms with E-state index in [9.17, 15) is 14.4 Å². The van der Waals surface area contributed by atoms with Gasteiger partial charge < -0.3 is 21.7 Å². The molecule has 0 heterocycles. The number of carbonyl (C=O) groups is 3. The van der Waals surface area contributed by atoms with Gasteiger partial charge in [0.05, 0.1) is 13.1 Å². The summed E-state index contributed by atoms with van der Waals surface area (Å²) in [7, 11) is 0. The molecule has 120 valence electrons. The zero-order valence-corrected chi connectivity index (χ0v) is 12.6. The van der Waals surface area contributed by atoms with Gasteiger partial charge >= 0.3 is 0 Å². The fraction of sp³-hybridized carbons (Fsp3) is 0.400. The Bertz CT molecular complexity index is 514. The number of hydrogen-bond donors (Lipinski definition) is 4. The van der Waals surface area contributed by atoms with E-state index in [-0.39, 0.29) is 30.8 Å². The summed E-state index contributed by atoms with van der Waals surface area (Å²) in [5.74, 6) is -0.677. The van der Waals surface area contributed by atoms with Gasteiger partial charge in [-0.3, -0.25) is 14.4 Å². The molecular formula is C15H22N4O3. The fourth-order valence-electron chi connectivity index (χ4n) is 1.67. The predicted molar refractivity (Wildman–Crippen MR) is 83.9 cm³/mol. The van der Waals surface area contributed by atoms with E-state index in [4.69, 9.17) is 5.73 Å². The maximum Gasteiger partial charge on any atom is 0.239 e. The first-order chi connectivity index (χ1) is 10.5. The van der Waals surface area contributed by atoms with Crippen LogP contribution >= 0.6 is 0 Å². The van der Waals surface area contributed by atoms with Crippen LogP contribution in [0.15, 0.2) is 24.3 Å². The lowest BCUT2D eigenvalue weighted by Crippen LogP contribution is -2.39. The molecule has 1 rings (SSSR count). The molecule has 0 atom stereocenters. The molecule has 0 saturated carbocycles. The fourth-order valence-corrected chi connectivity index (χ4v) is 1.67. The summed E-state index contributed by atoms with van der Waals surface area (Å²) in [6.07, 6.45) is 1.29. The van der Waals surface area contributed by atoms with Crippen LogP contribution in [0.2, 0.25) is 0 Å². The third-order valence-electron chi connectivity index (χ3n) is 2.84. The van der Waals surface area contributed by atoms with Gasteiger partial charge in [0.2, 0.25) is 17.7 Å². The monoisotopic (exact) mass is 306 g/mol. The van der Waals surface area contributed by atoms with Gasteiger partial charge in [0.1, 0.15) is 0 Å². The van der Waals surface area contributed by atoms with Gasteiger partial charge in [0.15, 0.2) is 0 Å². The molecule has 1 aromatic rings. The van der Waals surface area contributed by atoms with Crippen LogP contribution in [0, 0.1) is 0 Å². The summed E-state index contributed by atoms with van der Waals surface area (Å²) >= 11 is 0. The number of amides is 3. The van der Waals surface area contributed by atoms with Crippen molar-refractivity contribution in [1.29, 1.82) is 0 Å². The van der Waals surface area contributed by atoms with Crippen molar-refractivity contribution in [1.82, 2.24) is 10.6 Å². The Morgan fingerprint density at radius 1 is 1.00 bits per heavy atom. The molecule has 0 aliphatic carbocycles. The Morgan fingerprint density at radius 3 is 2.27 bits per heavy atom. The molecule has 5 N–H and O–H groups in total. The lowest BCUT2D eigenvalue weighted by molar-refractivity contribution is -0.125. The average molecular weight is 306 g/mol. The standard InChI is InChI=1S/C15H22N4O3/c1-2-3-13(20)19-12-6-4-11(5-7-12)9-17-15(22)10-18-14(21)8-16/h4-7H,2-3,8-10,16H2,1H3,(H,17,22)(H,18,21)(H,19,20). The van der Waals surface area contributed by atoms with Crippen LogP contribution in [0.5, 0.6) is 0 Å². The highest BCUT2D eigenvalue weighted by molar-refractivity contribution is 5.90. The largest absolute Gasteiger partial charge is 0.350 e. The highest BCUT2D eigenvalue weighted by Gasteiger charge is 2.04. The van der Waals surface area contributed by atoms with Crippen molar-refractivity contribution in [2.45, 2.75) is 26.3 Å². The molecule has 7 heteroatoms. The van der Waals surface area contributed by atoms with Gasteiger partial charge in [-0.05, 0) is 24.1 Å². The van der Waals surface area contributed by atoms with Crippen molar-refractivity contribution in [3.8, 4) is 0 Å². The van der Waals surface area contributed by atoms with Gasteiger partial charge in [-0.25, -0.2) is 0 Å². The van der Waals surface area contributed by atoms with Crippen molar-refractivity contribution < 1.29 is 14.4 Å². The van der Waals surface area contributed by atoms with Crippen molar-refractivity contribution in [3.05, 3.63) is 29.8 Å². The molecule has 7 nitrogen and oxygen atoms in total. The number of nitrogens with two attached hydrogens (primary N) is 1. The molecule has 0 fully saturated rings. The van der Waals surface area contributed by atoms with Crippen molar-refractivity contribution in [2.75, 3.05) is 18.4 Å². The molecule has 22 heavy (non-hydrogen) atoms. The normalized spacial score (nSPS) is 9.91.